The second-order valence-corrected chi connectivity index (χ2v) is 6.93. The smallest absolute Gasteiger partial charge is 0.214 e. The molecular weight excluding hydrogens is 242 g/mol. The summed E-state index contributed by atoms with van der Waals surface area (Å²) in [5.41, 5.74) is 5.52. The molecule has 0 aromatic carbocycles. The SMILES string of the molecule is NC(=NO)C1CCN(S(=O)(=O)CC2CC2)CC1. The number of nitrogens with two attached hydrogens (primary N) is 1. The molecule has 1 saturated heterocycles. The van der Waals surface area contributed by atoms with Crippen molar-refractivity contribution >= 4 is 15.9 Å². The number of rotatable bonds is 4. The van der Waals surface area contributed by atoms with Gasteiger partial charge in [-0.2, -0.15) is 0 Å². The van der Waals surface area contributed by atoms with E-state index in [4.69, 9.17) is 10.9 Å². The quantitative estimate of drug-likeness (QED) is 0.327. The monoisotopic (exact) mass is 261 g/mol. The van der Waals surface area contributed by atoms with Gasteiger partial charge in [-0.15, -0.1) is 0 Å². The van der Waals surface area contributed by atoms with E-state index in [1.807, 2.05) is 0 Å². The number of hydrogen-bond acceptors (Lipinski definition) is 4. The Kier molecular flexibility index (Phi) is 3.58. The molecule has 2 rings (SSSR count). The Morgan fingerprint density at radius 1 is 1.29 bits per heavy atom. The van der Waals surface area contributed by atoms with Crippen LogP contribution in [0.15, 0.2) is 5.16 Å². The molecule has 1 heterocycles. The minimum atomic E-state index is -3.09. The van der Waals surface area contributed by atoms with Crippen LogP contribution in [0.25, 0.3) is 0 Å². The molecule has 1 saturated carbocycles. The molecule has 0 aromatic heterocycles. The van der Waals surface area contributed by atoms with Crippen LogP contribution in [0.1, 0.15) is 25.7 Å². The van der Waals surface area contributed by atoms with Crippen molar-refractivity contribution in [1.82, 2.24) is 4.31 Å². The lowest BCUT2D eigenvalue weighted by Gasteiger charge is -2.30. The molecule has 0 unspecified atom stereocenters. The van der Waals surface area contributed by atoms with Gasteiger partial charge in [-0.1, -0.05) is 5.16 Å². The largest absolute Gasteiger partial charge is 0.409 e. The van der Waals surface area contributed by atoms with Crippen LogP contribution >= 0.6 is 0 Å². The van der Waals surface area contributed by atoms with Crippen molar-refractivity contribution in [3.05, 3.63) is 0 Å². The molecule has 1 aliphatic carbocycles. The second-order valence-electron chi connectivity index (χ2n) is 4.92. The standard InChI is InChI=1S/C10H19N3O3S/c11-10(12-14)9-3-5-13(6-4-9)17(15,16)7-8-1-2-8/h8-9,14H,1-7H2,(H2,11,12). The highest BCUT2D eigenvalue weighted by molar-refractivity contribution is 7.89. The van der Waals surface area contributed by atoms with Gasteiger partial charge in [0, 0.05) is 19.0 Å². The van der Waals surface area contributed by atoms with Gasteiger partial charge in [-0.3, -0.25) is 0 Å². The zero-order valence-electron chi connectivity index (χ0n) is 9.75. The van der Waals surface area contributed by atoms with Gasteiger partial charge in [0.1, 0.15) is 5.84 Å². The van der Waals surface area contributed by atoms with Crippen molar-refractivity contribution in [2.24, 2.45) is 22.7 Å². The van der Waals surface area contributed by atoms with Gasteiger partial charge in [0.05, 0.1) is 5.75 Å². The fraction of sp³-hybridized carbons (Fsp3) is 0.900. The van der Waals surface area contributed by atoms with Crippen LogP contribution in [0.3, 0.4) is 0 Å². The highest BCUT2D eigenvalue weighted by Gasteiger charge is 2.34. The van der Waals surface area contributed by atoms with Crippen molar-refractivity contribution in [2.45, 2.75) is 25.7 Å². The third-order valence-electron chi connectivity index (χ3n) is 3.52. The molecule has 1 aliphatic heterocycles. The summed E-state index contributed by atoms with van der Waals surface area (Å²) in [7, 11) is -3.09. The number of hydrogen-bond donors (Lipinski definition) is 2. The first kappa shape index (κ1) is 12.6. The minimum Gasteiger partial charge on any atom is -0.409 e. The Morgan fingerprint density at radius 3 is 2.35 bits per heavy atom. The summed E-state index contributed by atoms with van der Waals surface area (Å²) in [5, 5.41) is 11.6. The molecule has 0 spiro atoms. The molecule has 3 N–H and O–H groups in total. The highest BCUT2D eigenvalue weighted by atomic mass is 32.2. The number of amidine groups is 1. The average molecular weight is 261 g/mol. The molecule has 0 atom stereocenters. The van der Waals surface area contributed by atoms with Crippen LogP contribution in [-0.2, 0) is 10.0 Å². The summed E-state index contributed by atoms with van der Waals surface area (Å²) in [4.78, 5) is 0. The minimum absolute atomic E-state index is 0.00683. The van der Waals surface area contributed by atoms with E-state index >= 15 is 0 Å². The topological polar surface area (TPSA) is 96.0 Å². The Morgan fingerprint density at radius 2 is 1.88 bits per heavy atom. The third kappa shape index (κ3) is 3.10. The Labute approximate surface area is 102 Å². The molecule has 0 bridgehead atoms. The lowest BCUT2D eigenvalue weighted by Crippen LogP contribution is -2.42. The maximum atomic E-state index is 12.0. The molecule has 2 fully saturated rings. The number of oxime groups is 1. The highest BCUT2D eigenvalue weighted by Crippen LogP contribution is 2.32. The van der Waals surface area contributed by atoms with Gasteiger partial charge in [-0.25, -0.2) is 12.7 Å². The van der Waals surface area contributed by atoms with Crippen molar-refractivity contribution in [1.29, 1.82) is 0 Å². The summed E-state index contributed by atoms with van der Waals surface area (Å²) >= 11 is 0. The normalized spacial score (nSPS) is 25.1. The molecule has 0 aromatic rings. The fourth-order valence-electron chi connectivity index (χ4n) is 2.20. The van der Waals surface area contributed by atoms with Crippen LogP contribution in [0.2, 0.25) is 0 Å². The molecule has 0 radical (unpaired) electrons. The number of nitrogens with zero attached hydrogens (tertiary/aromatic N) is 2. The van der Waals surface area contributed by atoms with Gasteiger partial charge in [-0.05, 0) is 31.6 Å². The first-order chi connectivity index (χ1) is 8.03. The molecule has 6 nitrogen and oxygen atoms in total. The van der Waals surface area contributed by atoms with E-state index in [2.05, 4.69) is 5.16 Å². The molecule has 7 heteroatoms. The van der Waals surface area contributed by atoms with Crippen molar-refractivity contribution in [3.63, 3.8) is 0 Å². The Hall–Kier alpha value is -0.820. The summed E-state index contributed by atoms with van der Waals surface area (Å²) in [6, 6.07) is 0. The van der Waals surface area contributed by atoms with Crippen molar-refractivity contribution in [3.8, 4) is 0 Å². The lowest BCUT2D eigenvalue weighted by molar-refractivity contribution is 0.291. The molecule has 0 amide bonds. The molecule has 98 valence electrons. The predicted molar refractivity (Wildman–Crippen MR) is 64.2 cm³/mol. The van der Waals surface area contributed by atoms with Gasteiger partial charge in [0.2, 0.25) is 10.0 Å². The van der Waals surface area contributed by atoms with Crippen LogP contribution < -0.4 is 5.73 Å². The van der Waals surface area contributed by atoms with Gasteiger partial charge >= 0.3 is 0 Å². The van der Waals surface area contributed by atoms with Crippen molar-refractivity contribution < 1.29 is 13.6 Å². The molecule has 17 heavy (non-hydrogen) atoms. The second kappa shape index (κ2) is 4.81. The maximum absolute atomic E-state index is 12.0. The average Bonchev–Trinajstić information content (AvgIpc) is 3.11. The van der Waals surface area contributed by atoms with Crippen LogP contribution in [0.5, 0.6) is 0 Å². The van der Waals surface area contributed by atoms with E-state index in [0.717, 1.165) is 12.8 Å². The van der Waals surface area contributed by atoms with Crippen molar-refractivity contribution in [2.75, 3.05) is 18.8 Å². The third-order valence-corrected chi connectivity index (χ3v) is 5.57. The maximum Gasteiger partial charge on any atom is 0.214 e. The Bertz CT molecular complexity index is 395. The van der Waals surface area contributed by atoms with E-state index in [-0.39, 0.29) is 11.8 Å². The number of piperidine rings is 1. The van der Waals surface area contributed by atoms with Crippen LogP contribution in [-0.4, -0.2) is 42.6 Å². The zero-order chi connectivity index (χ0) is 12.5. The first-order valence-corrected chi connectivity index (χ1v) is 7.59. The zero-order valence-corrected chi connectivity index (χ0v) is 10.6. The van der Waals surface area contributed by atoms with E-state index < -0.39 is 10.0 Å². The lowest BCUT2D eigenvalue weighted by atomic mass is 9.97. The summed E-state index contributed by atoms with van der Waals surface area (Å²) < 4.78 is 25.5. The molecule has 2 aliphatic rings. The fourth-order valence-corrected chi connectivity index (χ4v) is 4.11. The summed E-state index contributed by atoms with van der Waals surface area (Å²) in [6.45, 7) is 0.964. The predicted octanol–water partition coefficient (Wildman–Crippen LogP) is 0.185. The Balaban J connectivity index is 1.89. The van der Waals surface area contributed by atoms with E-state index in [1.54, 1.807) is 4.31 Å². The number of sulfonamides is 1. The van der Waals surface area contributed by atoms with Gasteiger partial charge < -0.3 is 10.9 Å². The summed E-state index contributed by atoms with van der Waals surface area (Å²) in [5.74, 6) is 0.889. The van der Waals surface area contributed by atoms with Crippen LogP contribution in [0, 0.1) is 11.8 Å². The van der Waals surface area contributed by atoms with E-state index in [1.165, 1.54) is 0 Å². The van der Waals surface area contributed by atoms with Crippen LogP contribution in [0.4, 0.5) is 0 Å². The molecular formula is C10H19N3O3S. The summed E-state index contributed by atoms with van der Waals surface area (Å²) in [6.07, 6.45) is 3.36. The van der Waals surface area contributed by atoms with Gasteiger partial charge in [0.25, 0.3) is 0 Å². The van der Waals surface area contributed by atoms with E-state index in [9.17, 15) is 8.42 Å². The van der Waals surface area contributed by atoms with Gasteiger partial charge in [0.15, 0.2) is 0 Å². The first-order valence-electron chi connectivity index (χ1n) is 5.98. The van der Waals surface area contributed by atoms with E-state index in [0.29, 0.717) is 37.6 Å².